The van der Waals surface area contributed by atoms with Crippen molar-refractivity contribution in [3.8, 4) is 0 Å². The Labute approximate surface area is 158 Å². The summed E-state index contributed by atoms with van der Waals surface area (Å²) in [5.74, 6) is -0.0603. The van der Waals surface area contributed by atoms with Crippen LogP contribution in [-0.4, -0.2) is 46.2 Å². The molecule has 1 aliphatic heterocycles. The minimum Gasteiger partial charge on any atom is -0.335 e. The van der Waals surface area contributed by atoms with E-state index < -0.39 is 0 Å². The van der Waals surface area contributed by atoms with Gasteiger partial charge < -0.3 is 9.80 Å². The van der Waals surface area contributed by atoms with E-state index in [-0.39, 0.29) is 18.4 Å². The van der Waals surface area contributed by atoms with Crippen molar-refractivity contribution >= 4 is 23.2 Å². The first kappa shape index (κ1) is 18.6. The van der Waals surface area contributed by atoms with Crippen LogP contribution in [0.2, 0.25) is 0 Å². The fourth-order valence-corrected chi connectivity index (χ4v) is 4.43. The van der Waals surface area contributed by atoms with Crippen LogP contribution in [0.3, 0.4) is 0 Å². The zero-order valence-corrected chi connectivity index (χ0v) is 16.7. The molecule has 0 aliphatic carbocycles. The van der Waals surface area contributed by atoms with Gasteiger partial charge >= 0.3 is 0 Å². The number of benzene rings is 1. The van der Waals surface area contributed by atoms with Crippen molar-refractivity contribution in [1.82, 2.24) is 14.8 Å². The van der Waals surface area contributed by atoms with Crippen LogP contribution in [0.4, 0.5) is 0 Å². The number of thiazole rings is 1. The second-order valence-electron chi connectivity index (χ2n) is 6.90. The number of nitrogens with zero attached hydrogens (tertiary/aromatic N) is 3. The van der Waals surface area contributed by atoms with Gasteiger partial charge in [-0.15, -0.1) is 11.3 Å². The highest BCUT2D eigenvalue weighted by Gasteiger charge is 2.29. The van der Waals surface area contributed by atoms with Crippen LogP contribution in [0.1, 0.15) is 44.0 Å². The van der Waals surface area contributed by atoms with E-state index in [2.05, 4.69) is 37.0 Å². The van der Waals surface area contributed by atoms with Gasteiger partial charge in [0.15, 0.2) is 0 Å². The minimum absolute atomic E-state index is 0.00282. The molecule has 0 atom stereocenters. The summed E-state index contributed by atoms with van der Waals surface area (Å²) in [6.07, 6.45) is 0.728. The average molecular weight is 372 g/mol. The summed E-state index contributed by atoms with van der Waals surface area (Å²) < 4.78 is 0. The summed E-state index contributed by atoms with van der Waals surface area (Å²) in [6, 6.07) is 6.36. The number of amides is 2. The van der Waals surface area contributed by atoms with Crippen molar-refractivity contribution in [2.45, 2.75) is 40.7 Å². The van der Waals surface area contributed by atoms with E-state index in [0.717, 1.165) is 22.7 Å². The molecule has 1 aromatic heterocycles. The number of aromatic nitrogens is 1. The number of carbonyl (C=O) groups excluding carboxylic acids is 2. The maximum Gasteiger partial charge on any atom is 0.266 e. The molecule has 3 rings (SSSR count). The van der Waals surface area contributed by atoms with Crippen LogP contribution in [0, 0.1) is 20.8 Å². The lowest BCUT2D eigenvalue weighted by molar-refractivity contribution is -0.135. The monoisotopic (exact) mass is 371 g/mol. The molecule has 26 heavy (non-hydrogen) atoms. The molecule has 1 aliphatic rings. The molecule has 0 spiro atoms. The third-order valence-corrected chi connectivity index (χ3v) is 5.60. The van der Waals surface area contributed by atoms with Gasteiger partial charge in [-0.1, -0.05) is 36.2 Å². The van der Waals surface area contributed by atoms with Gasteiger partial charge in [-0.2, -0.15) is 0 Å². The largest absolute Gasteiger partial charge is 0.335 e. The van der Waals surface area contributed by atoms with Crippen molar-refractivity contribution in [2.24, 2.45) is 0 Å². The first-order valence-corrected chi connectivity index (χ1v) is 9.79. The molecule has 0 bridgehead atoms. The molecule has 0 radical (unpaired) electrons. The normalized spacial score (nSPS) is 14.8. The molecule has 0 saturated carbocycles. The molecule has 5 nitrogen and oxygen atoms in total. The number of aryl methyl sites for hydroxylation is 4. The summed E-state index contributed by atoms with van der Waals surface area (Å²) in [4.78, 5) is 34.0. The summed E-state index contributed by atoms with van der Waals surface area (Å²) >= 11 is 1.42. The van der Waals surface area contributed by atoms with Gasteiger partial charge in [-0.25, -0.2) is 4.98 Å². The van der Waals surface area contributed by atoms with Gasteiger partial charge in [0, 0.05) is 19.6 Å². The first-order valence-electron chi connectivity index (χ1n) is 8.98. The molecule has 6 heteroatoms. The maximum absolute atomic E-state index is 12.8. The molecule has 2 amide bonds. The average Bonchev–Trinajstić information content (AvgIpc) is 2.96. The van der Waals surface area contributed by atoms with Crippen molar-refractivity contribution in [3.63, 3.8) is 0 Å². The Morgan fingerprint density at radius 2 is 1.85 bits per heavy atom. The smallest absolute Gasteiger partial charge is 0.266 e. The Hall–Kier alpha value is -2.21. The van der Waals surface area contributed by atoms with Gasteiger partial charge in [0.1, 0.15) is 11.4 Å². The summed E-state index contributed by atoms with van der Waals surface area (Å²) in [5, 5.41) is 0.893. The SMILES string of the molecule is CCc1nc(C)sc1C(=O)N1CCN(Cc2cc(C)cc(C)c2)C(=O)C1. The topological polar surface area (TPSA) is 53.5 Å². The molecule has 138 valence electrons. The van der Waals surface area contributed by atoms with Gasteiger partial charge in [0.2, 0.25) is 5.91 Å². The van der Waals surface area contributed by atoms with Crippen molar-refractivity contribution in [2.75, 3.05) is 19.6 Å². The standard InChI is InChI=1S/C20H25N3O2S/c1-5-17-19(26-15(4)21-17)20(25)23-7-6-22(18(24)12-23)11-16-9-13(2)8-14(3)10-16/h8-10H,5-7,11-12H2,1-4H3. The molecule has 1 saturated heterocycles. The maximum atomic E-state index is 12.8. The zero-order chi connectivity index (χ0) is 18.8. The van der Waals surface area contributed by atoms with Gasteiger partial charge in [-0.05, 0) is 32.8 Å². The van der Waals surface area contributed by atoms with E-state index in [0.29, 0.717) is 24.5 Å². The molecule has 0 N–H and O–H groups in total. The van der Waals surface area contributed by atoms with Gasteiger partial charge in [-0.3, -0.25) is 9.59 Å². The Kier molecular flexibility index (Phi) is 5.41. The number of hydrogen-bond donors (Lipinski definition) is 0. The van der Waals surface area contributed by atoms with E-state index >= 15 is 0 Å². The van der Waals surface area contributed by atoms with E-state index in [1.165, 1.54) is 22.5 Å². The highest BCUT2D eigenvalue weighted by atomic mass is 32.1. The molecule has 2 aromatic rings. The Bertz CT molecular complexity index is 823. The Morgan fingerprint density at radius 3 is 2.46 bits per heavy atom. The lowest BCUT2D eigenvalue weighted by atomic mass is 10.1. The van der Waals surface area contributed by atoms with Gasteiger partial charge in [0.05, 0.1) is 10.7 Å². The predicted molar refractivity (Wildman–Crippen MR) is 103 cm³/mol. The van der Waals surface area contributed by atoms with Crippen LogP contribution in [0.25, 0.3) is 0 Å². The van der Waals surface area contributed by atoms with Crippen LogP contribution in [-0.2, 0) is 17.8 Å². The molecule has 1 fully saturated rings. The summed E-state index contributed by atoms with van der Waals surface area (Å²) in [7, 11) is 0. The quantitative estimate of drug-likeness (QED) is 0.830. The molecular weight excluding hydrogens is 346 g/mol. The van der Waals surface area contributed by atoms with Crippen LogP contribution < -0.4 is 0 Å². The molecule has 0 unspecified atom stereocenters. The van der Waals surface area contributed by atoms with Crippen molar-refractivity contribution < 1.29 is 9.59 Å². The van der Waals surface area contributed by atoms with E-state index in [1.54, 1.807) is 4.90 Å². The Balaban J connectivity index is 1.68. The van der Waals surface area contributed by atoms with Gasteiger partial charge in [0.25, 0.3) is 5.91 Å². The van der Waals surface area contributed by atoms with Crippen LogP contribution in [0.15, 0.2) is 18.2 Å². The third-order valence-electron chi connectivity index (χ3n) is 4.59. The third kappa shape index (κ3) is 3.96. The second kappa shape index (κ2) is 7.58. The second-order valence-corrected chi connectivity index (χ2v) is 8.10. The highest BCUT2D eigenvalue weighted by molar-refractivity contribution is 7.13. The van der Waals surface area contributed by atoms with Crippen molar-refractivity contribution in [1.29, 1.82) is 0 Å². The lowest BCUT2D eigenvalue weighted by Crippen LogP contribution is -2.51. The minimum atomic E-state index is -0.0631. The number of piperazine rings is 1. The Morgan fingerprint density at radius 1 is 1.15 bits per heavy atom. The molecular formula is C20H25N3O2S. The van der Waals surface area contributed by atoms with E-state index in [4.69, 9.17) is 0 Å². The fraction of sp³-hybridized carbons (Fsp3) is 0.450. The summed E-state index contributed by atoms with van der Waals surface area (Å²) in [5.41, 5.74) is 4.38. The number of rotatable bonds is 4. The van der Waals surface area contributed by atoms with Crippen LogP contribution >= 0.6 is 11.3 Å². The van der Waals surface area contributed by atoms with E-state index in [1.807, 2.05) is 18.7 Å². The molecule has 2 heterocycles. The first-order chi connectivity index (χ1) is 12.4. The van der Waals surface area contributed by atoms with E-state index in [9.17, 15) is 9.59 Å². The lowest BCUT2D eigenvalue weighted by Gasteiger charge is -2.34. The van der Waals surface area contributed by atoms with Crippen molar-refractivity contribution in [3.05, 3.63) is 50.5 Å². The molecule has 1 aromatic carbocycles. The highest BCUT2D eigenvalue weighted by Crippen LogP contribution is 2.22. The number of hydrogen-bond acceptors (Lipinski definition) is 4. The predicted octanol–water partition coefficient (Wildman–Crippen LogP) is 3.12. The van der Waals surface area contributed by atoms with Crippen LogP contribution in [0.5, 0.6) is 0 Å². The summed E-state index contributed by atoms with van der Waals surface area (Å²) in [6.45, 7) is 9.92. The number of carbonyl (C=O) groups is 2. The fourth-order valence-electron chi connectivity index (χ4n) is 3.45. The zero-order valence-electron chi connectivity index (χ0n) is 15.8.